The van der Waals surface area contributed by atoms with Crippen molar-refractivity contribution in [2.24, 2.45) is 0 Å². The van der Waals surface area contributed by atoms with Gasteiger partial charge in [0, 0.05) is 21.2 Å². The smallest absolute Gasteiger partial charge is 0.340 e. The first-order chi connectivity index (χ1) is 11.5. The maximum Gasteiger partial charge on any atom is 0.446 e. The minimum Gasteiger partial charge on any atom is -0.340 e. The van der Waals surface area contributed by atoms with Crippen LogP contribution in [0, 0.1) is 0 Å². The molecule has 7 heteroatoms. The summed E-state index contributed by atoms with van der Waals surface area (Å²) in [6, 6.07) is 13.0. The predicted octanol–water partition coefficient (Wildman–Crippen LogP) is 5.51. The number of anilines is 2. The quantitative estimate of drug-likeness (QED) is 0.551. The molecule has 0 amide bonds. The van der Waals surface area contributed by atoms with Crippen molar-refractivity contribution in [3.63, 3.8) is 0 Å². The van der Waals surface area contributed by atoms with Gasteiger partial charge in [-0.1, -0.05) is 23.9 Å². The van der Waals surface area contributed by atoms with Crippen molar-refractivity contribution in [1.29, 1.82) is 0 Å². The van der Waals surface area contributed by atoms with E-state index in [1.165, 1.54) is 0 Å². The van der Waals surface area contributed by atoms with Gasteiger partial charge in [0.2, 0.25) is 0 Å². The molecule has 0 atom stereocenters. The van der Waals surface area contributed by atoms with E-state index in [1.54, 1.807) is 30.0 Å². The second kappa shape index (κ2) is 7.29. The fourth-order valence-corrected chi connectivity index (χ4v) is 4.31. The Hall–Kier alpha value is -1.31. The number of hydrogen-bond acceptors (Lipinski definition) is 4. The molecule has 2 aromatic rings. The third kappa shape index (κ3) is 4.02. The van der Waals surface area contributed by atoms with Gasteiger partial charge in [-0.3, -0.25) is 0 Å². The van der Waals surface area contributed by atoms with E-state index in [9.17, 15) is 13.2 Å². The normalized spacial score (nSPS) is 13.6. The van der Waals surface area contributed by atoms with Gasteiger partial charge in [-0.2, -0.15) is 13.2 Å². The molecule has 1 aliphatic heterocycles. The highest BCUT2D eigenvalue weighted by Gasteiger charge is 2.30. The number of halogens is 3. The maximum atomic E-state index is 12.7. The molecule has 1 N–H and O–H groups in total. The van der Waals surface area contributed by atoms with Crippen LogP contribution in [-0.4, -0.2) is 25.6 Å². The fraction of sp³-hybridized carbons (Fsp3) is 0.294. The zero-order valence-corrected chi connectivity index (χ0v) is 14.7. The van der Waals surface area contributed by atoms with Crippen molar-refractivity contribution in [3.05, 3.63) is 42.5 Å². The minimum atomic E-state index is -4.27. The maximum absolute atomic E-state index is 12.7. The molecule has 128 valence electrons. The van der Waals surface area contributed by atoms with E-state index < -0.39 is 5.51 Å². The van der Waals surface area contributed by atoms with E-state index in [1.807, 2.05) is 31.3 Å². The summed E-state index contributed by atoms with van der Waals surface area (Å²) in [6.45, 7) is 1.61. The second-order valence-electron chi connectivity index (χ2n) is 5.36. The zero-order valence-electron chi connectivity index (χ0n) is 13.1. The van der Waals surface area contributed by atoms with Gasteiger partial charge in [-0.05, 0) is 62.1 Å². The number of hydrogen-bond donors (Lipinski definition) is 1. The first-order valence-electron chi connectivity index (χ1n) is 7.57. The third-order valence-electron chi connectivity index (χ3n) is 3.64. The summed E-state index contributed by atoms with van der Waals surface area (Å²) in [5, 5.41) is 3.11. The molecule has 24 heavy (non-hydrogen) atoms. The Kier molecular flexibility index (Phi) is 5.32. The molecule has 0 radical (unpaired) electrons. The number of para-hydroxylation sites is 1. The lowest BCUT2D eigenvalue weighted by atomic mass is 10.2. The van der Waals surface area contributed by atoms with Crippen LogP contribution in [0.2, 0.25) is 0 Å². The Morgan fingerprint density at radius 3 is 2.58 bits per heavy atom. The number of fused-ring (bicyclic) bond motifs is 2. The lowest BCUT2D eigenvalue weighted by molar-refractivity contribution is -0.0328. The lowest BCUT2D eigenvalue weighted by Crippen LogP contribution is -2.24. The van der Waals surface area contributed by atoms with Gasteiger partial charge in [0.05, 0.1) is 11.4 Å². The first kappa shape index (κ1) is 17.5. The van der Waals surface area contributed by atoms with Crippen LogP contribution in [0.15, 0.2) is 57.2 Å². The summed E-state index contributed by atoms with van der Waals surface area (Å²) < 4.78 is 38.1. The Labute approximate surface area is 147 Å². The summed E-state index contributed by atoms with van der Waals surface area (Å²) in [5.41, 5.74) is -2.37. The highest BCUT2D eigenvalue weighted by atomic mass is 32.2. The number of rotatable bonds is 5. The van der Waals surface area contributed by atoms with E-state index in [0.29, 0.717) is 0 Å². The van der Waals surface area contributed by atoms with Crippen molar-refractivity contribution in [2.45, 2.75) is 26.6 Å². The molecule has 0 unspecified atom stereocenters. The monoisotopic (exact) mass is 370 g/mol. The molecule has 1 heterocycles. The molecule has 2 aromatic carbocycles. The van der Waals surface area contributed by atoms with Gasteiger partial charge >= 0.3 is 5.51 Å². The van der Waals surface area contributed by atoms with Crippen LogP contribution in [0.1, 0.15) is 6.42 Å². The molecule has 2 nitrogen and oxygen atoms in total. The third-order valence-corrected chi connectivity index (χ3v) is 5.49. The van der Waals surface area contributed by atoms with Crippen molar-refractivity contribution < 1.29 is 13.2 Å². The van der Waals surface area contributed by atoms with Crippen molar-refractivity contribution in [2.75, 3.05) is 25.0 Å². The van der Waals surface area contributed by atoms with Crippen LogP contribution < -0.4 is 10.2 Å². The summed E-state index contributed by atoms with van der Waals surface area (Å²) >= 11 is 1.54. The molecule has 1 aliphatic rings. The molecule has 0 bridgehead atoms. The molecule has 0 fully saturated rings. The minimum absolute atomic E-state index is 0.0630. The summed E-state index contributed by atoms with van der Waals surface area (Å²) in [5.74, 6) is 0. The number of thioether (sulfide) groups is 1. The largest absolute Gasteiger partial charge is 0.446 e. The van der Waals surface area contributed by atoms with Gasteiger partial charge in [-0.25, -0.2) is 0 Å². The van der Waals surface area contributed by atoms with E-state index in [-0.39, 0.29) is 16.7 Å². The zero-order chi connectivity index (χ0) is 17.2. The topological polar surface area (TPSA) is 15.3 Å². The van der Waals surface area contributed by atoms with Gasteiger partial charge in [0.1, 0.15) is 0 Å². The lowest BCUT2D eigenvalue weighted by Gasteiger charge is -2.33. The molecule has 0 saturated carbocycles. The van der Waals surface area contributed by atoms with Crippen LogP contribution in [0.4, 0.5) is 24.5 Å². The number of benzene rings is 2. The average molecular weight is 370 g/mol. The van der Waals surface area contributed by atoms with E-state index in [0.717, 1.165) is 40.7 Å². The SMILES string of the molecule is CNCCCN1c2ccccc2Sc2ccc(SC(F)(F)F)cc21. The fourth-order valence-electron chi connectivity index (χ4n) is 2.66. The van der Waals surface area contributed by atoms with Gasteiger partial charge < -0.3 is 10.2 Å². The average Bonchev–Trinajstić information content (AvgIpc) is 2.53. The van der Waals surface area contributed by atoms with Gasteiger partial charge in [-0.15, -0.1) is 0 Å². The predicted molar refractivity (Wildman–Crippen MR) is 94.5 cm³/mol. The molecular formula is C17H17F3N2S2. The van der Waals surface area contributed by atoms with Gasteiger partial charge in [0.25, 0.3) is 0 Å². The van der Waals surface area contributed by atoms with Crippen LogP contribution in [-0.2, 0) is 0 Å². The molecular weight excluding hydrogens is 353 g/mol. The number of nitrogens with zero attached hydrogens (tertiary/aromatic N) is 1. The number of nitrogens with one attached hydrogen (secondary N) is 1. The summed E-state index contributed by atoms with van der Waals surface area (Å²) in [7, 11) is 1.89. The van der Waals surface area contributed by atoms with Crippen molar-refractivity contribution in [1.82, 2.24) is 5.32 Å². The van der Waals surface area contributed by atoms with Crippen LogP contribution >= 0.6 is 23.5 Å². The molecule has 3 rings (SSSR count). The Morgan fingerprint density at radius 2 is 1.83 bits per heavy atom. The van der Waals surface area contributed by atoms with Crippen LogP contribution in [0.3, 0.4) is 0 Å². The van der Waals surface area contributed by atoms with Crippen LogP contribution in [0.25, 0.3) is 0 Å². The summed E-state index contributed by atoms with van der Waals surface area (Å²) in [6.07, 6.45) is 0.908. The van der Waals surface area contributed by atoms with Crippen molar-refractivity contribution >= 4 is 34.9 Å². The Bertz CT molecular complexity index is 719. The number of alkyl halides is 3. The van der Waals surface area contributed by atoms with Crippen LogP contribution in [0.5, 0.6) is 0 Å². The second-order valence-corrected chi connectivity index (χ2v) is 7.58. The van der Waals surface area contributed by atoms with E-state index in [2.05, 4.69) is 10.2 Å². The highest BCUT2D eigenvalue weighted by molar-refractivity contribution is 8.00. The Balaban J connectivity index is 1.96. The summed E-state index contributed by atoms with van der Waals surface area (Å²) in [4.78, 5) is 4.47. The standard InChI is InChI=1S/C17H17F3N2S2/c1-21-9-4-10-22-13-5-2-3-6-15(13)23-16-8-7-12(11-14(16)22)24-17(18,19)20/h2-3,5-8,11,21H,4,9-10H2,1H3. The molecule has 0 aliphatic carbocycles. The highest BCUT2D eigenvalue weighted by Crippen LogP contribution is 2.50. The van der Waals surface area contributed by atoms with Gasteiger partial charge in [0.15, 0.2) is 0 Å². The molecule has 0 saturated heterocycles. The van der Waals surface area contributed by atoms with Crippen molar-refractivity contribution in [3.8, 4) is 0 Å². The Morgan fingerprint density at radius 1 is 1.08 bits per heavy atom. The van der Waals surface area contributed by atoms with E-state index >= 15 is 0 Å². The van der Waals surface area contributed by atoms with E-state index in [4.69, 9.17) is 0 Å². The first-order valence-corrected chi connectivity index (χ1v) is 9.20. The molecule has 0 aromatic heterocycles. The molecule has 0 spiro atoms.